The van der Waals surface area contributed by atoms with Gasteiger partial charge in [0.1, 0.15) is 5.84 Å². The number of rotatable bonds is 2. The molecule has 2 atom stereocenters. The Labute approximate surface area is 103 Å². The normalized spacial score (nSPS) is 33.8. The highest BCUT2D eigenvalue weighted by Crippen LogP contribution is 2.51. The second-order valence-electron chi connectivity index (χ2n) is 4.73. The van der Waals surface area contributed by atoms with Gasteiger partial charge in [-0.05, 0) is 18.1 Å². The van der Waals surface area contributed by atoms with Gasteiger partial charge in [-0.2, -0.15) is 0 Å². The minimum Gasteiger partial charge on any atom is -0.478 e. The fourth-order valence-electron chi connectivity index (χ4n) is 2.61. The Morgan fingerprint density at radius 1 is 1.61 bits per heavy atom. The number of hydrogen-bond donors (Lipinski definition) is 3. The van der Waals surface area contributed by atoms with Gasteiger partial charge in [0.05, 0.1) is 5.54 Å². The van der Waals surface area contributed by atoms with Gasteiger partial charge in [0, 0.05) is 31.2 Å². The zero-order valence-electron chi connectivity index (χ0n) is 9.64. The SMILES string of the molecule is O=C(O)/C=C/C1=CN=C2NC(=O)CCNC23CC13. The molecule has 1 saturated carbocycles. The first-order chi connectivity index (χ1) is 8.62. The summed E-state index contributed by atoms with van der Waals surface area (Å²) in [5, 5.41) is 14.8. The highest BCUT2D eigenvalue weighted by molar-refractivity contribution is 6.07. The first-order valence-corrected chi connectivity index (χ1v) is 5.86. The largest absolute Gasteiger partial charge is 0.478 e. The Morgan fingerprint density at radius 2 is 2.44 bits per heavy atom. The fraction of sp³-hybridized carbons (Fsp3) is 0.417. The van der Waals surface area contributed by atoms with Gasteiger partial charge in [0.15, 0.2) is 0 Å². The highest BCUT2D eigenvalue weighted by Gasteiger charge is 2.61. The molecular weight excluding hydrogens is 234 g/mol. The lowest BCUT2D eigenvalue weighted by molar-refractivity contribution is -0.131. The van der Waals surface area contributed by atoms with Crippen LogP contribution in [0.25, 0.3) is 0 Å². The van der Waals surface area contributed by atoms with Gasteiger partial charge < -0.3 is 15.7 Å². The summed E-state index contributed by atoms with van der Waals surface area (Å²) in [5.41, 5.74) is 0.615. The summed E-state index contributed by atoms with van der Waals surface area (Å²) in [6, 6.07) is 0. The van der Waals surface area contributed by atoms with E-state index in [9.17, 15) is 9.59 Å². The minimum absolute atomic E-state index is 0.0262. The Bertz CT molecular complexity index is 521. The summed E-state index contributed by atoms with van der Waals surface area (Å²) >= 11 is 0. The van der Waals surface area contributed by atoms with Crippen LogP contribution in [-0.2, 0) is 9.59 Å². The molecule has 0 radical (unpaired) electrons. The summed E-state index contributed by atoms with van der Waals surface area (Å²) in [4.78, 5) is 26.2. The number of amidine groups is 1. The lowest BCUT2D eigenvalue weighted by Gasteiger charge is -2.21. The first-order valence-electron chi connectivity index (χ1n) is 5.86. The number of allylic oxidation sites excluding steroid dienone is 1. The molecule has 6 heteroatoms. The van der Waals surface area contributed by atoms with Crippen LogP contribution < -0.4 is 10.6 Å². The van der Waals surface area contributed by atoms with Crippen molar-refractivity contribution >= 4 is 17.7 Å². The van der Waals surface area contributed by atoms with E-state index in [4.69, 9.17) is 5.11 Å². The third-order valence-electron chi connectivity index (χ3n) is 3.60. The number of carbonyl (C=O) groups excluding carboxylic acids is 1. The molecule has 2 unspecified atom stereocenters. The smallest absolute Gasteiger partial charge is 0.328 e. The summed E-state index contributed by atoms with van der Waals surface area (Å²) < 4.78 is 0. The zero-order chi connectivity index (χ0) is 12.8. The Morgan fingerprint density at radius 3 is 3.22 bits per heavy atom. The molecule has 0 aromatic carbocycles. The topological polar surface area (TPSA) is 90.8 Å². The Hall–Kier alpha value is -1.95. The van der Waals surface area contributed by atoms with Gasteiger partial charge in [0.2, 0.25) is 5.91 Å². The fourth-order valence-corrected chi connectivity index (χ4v) is 2.61. The molecule has 3 aliphatic rings. The molecule has 1 amide bonds. The monoisotopic (exact) mass is 247 g/mol. The molecule has 6 nitrogen and oxygen atoms in total. The molecule has 18 heavy (non-hydrogen) atoms. The molecule has 0 bridgehead atoms. The van der Waals surface area contributed by atoms with Crippen LogP contribution in [-0.4, -0.2) is 34.9 Å². The molecule has 0 aromatic heterocycles. The quantitative estimate of drug-likeness (QED) is 0.589. The van der Waals surface area contributed by atoms with E-state index in [1.807, 2.05) is 0 Å². The van der Waals surface area contributed by atoms with Gasteiger partial charge in [-0.3, -0.25) is 4.79 Å². The van der Waals surface area contributed by atoms with Crippen molar-refractivity contribution in [1.29, 1.82) is 0 Å². The number of nitrogens with one attached hydrogen (secondary N) is 2. The lowest BCUT2D eigenvalue weighted by Crippen LogP contribution is -2.47. The number of carboxylic acid groups (broad SMARTS) is 1. The summed E-state index contributed by atoms with van der Waals surface area (Å²) in [7, 11) is 0. The maximum Gasteiger partial charge on any atom is 0.328 e. The van der Waals surface area contributed by atoms with Gasteiger partial charge in [-0.25, -0.2) is 9.79 Å². The third-order valence-corrected chi connectivity index (χ3v) is 3.60. The van der Waals surface area contributed by atoms with E-state index in [1.54, 1.807) is 12.3 Å². The van der Waals surface area contributed by atoms with Crippen molar-refractivity contribution < 1.29 is 14.7 Å². The molecular formula is C12H13N3O3. The highest BCUT2D eigenvalue weighted by atomic mass is 16.4. The van der Waals surface area contributed by atoms with E-state index in [2.05, 4.69) is 15.6 Å². The minimum atomic E-state index is -0.970. The van der Waals surface area contributed by atoms with Crippen LogP contribution in [0.3, 0.4) is 0 Å². The molecule has 2 heterocycles. The van der Waals surface area contributed by atoms with Crippen molar-refractivity contribution in [2.24, 2.45) is 10.9 Å². The number of aliphatic carboxylic acids is 1. The zero-order valence-corrected chi connectivity index (χ0v) is 9.64. The van der Waals surface area contributed by atoms with E-state index in [0.29, 0.717) is 18.8 Å². The summed E-state index contributed by atoms with van der Waals surface area (Å²) in [6.45, 7) is 0.622. The molecule has 1 aliphatic carbocycles. The second-order valence-corrected chi connectivity index (χ2v) is 4.73. The number of amides is 1. The van der Waals surface area contributed by atoms with E-state index in [1.165, 1.54) is 0 Å². The van der Waals surface area contributed by atoms with Crippen LogP contribution in [0.5, 0.6) is 0 Å². The van der Waals surface area contributed by atoms with Gasteiger partial charge >= 0.3 is 5.97 Å². The molecule has 2 fully saturated rings. The third kappa shape index (κ3) is 1.65. The first kappa shape index (κ1) is 11.2. The number of carboxylic acids is 1. The van der Waals surface area contributed by atoms with Crippen LogP contribution in [0.15, 0.2) is 28.9 Å². The standard InChI is InChI=1S/C12H13N3O3/c16-9-3-4-14-12-5-8(12)7(1-2-10(17)18)6-13-11(12)15-9/h1-2,6,8,14H,3-5H2,(H,17,18)(H,13,15,16)/b2-1+. The molecule has 94 valence electrons. The maximum atomic E-state index is 11.5. The van der Waals surface area contributed by atoms with Crippen molar-refractivity contribution in [3.63, 3.8) is 0 Å². The lowest BCUT2D eigenvalue weighted by atomic mass is 10.0. The van der Waals surface area contributed by atoms with Gasteiger partial charge in [-0.1, -0.05) is 0 Å². The van der Waals surface area contributed by atoms with Crippen molar-refractivity contribution in [2.75, 3.05) is 6.54 Å². The van der Waals surface area contributed by atoms with Crippen molar-refractivity contribution in [3.05, 3.63) is 23.9 Å². The number of aliphatic imine (C=N–C) groups is 1. The summed E-state index contributed by atoms with van der Waals surface area (Å²) in [6.07, 6.45) is 5.62. The van der Waals surface area contributed by atoms with E-state index >= 15 is 0 Å². The molecule has 3 N–H and O–H groups in total. The molecule has 2 aliphatic heterocycles. The molecule has 3 rings (SSSR count). The van der Waals surface area contributed by atoms with Crippen LogP contribution in [0, 0.1) is 5.92 Å². The molecule has 0 aromatic rings. The van der Waals surface area contributed by atoms with E-state index < -0.39 is 5.97 Å². The molecule has 1 saturated heterocycles. The predicted molar refractivity (Wildman–Crippen MR) is 63.9 cm³/mol. The van der Waals surface area contributed by atoms with E-state index in [0.717, 1.165) is 18.1 Å². The van der Waals surface area contributed by atoms with Crippen LogP contribution in [0.1, 0.15) is 12.8 Å². The average molecular weight is 247 g/mol. The van der Waals surface area contributed by atoms with Crippen molar-refractivity contribution in [2.45, 2.75) is 18.4 Å². The average Bonchev–Trinajstić information content (AvgIpc) is 3.05. The Balaban J connectivity index is 1.88. The van der Waals surface area contributed by atoms with Crippen molar-refractivity contribution in [1.82, 2.24) is 10.6 Å². The number of nitrogens with zero attached hydrogens (tertiary/aromatic N) is 1. The summed E-state index contributed by atoms with van der Waals surface area (Å²) in [5.74, 6) is -0.120. The van der Waals surface area contributed by atoms with Gasteiger partial charge in [0.25, 0.3) is 0 Å². The Kier molecular flexibility index (Phi) is 2.34. The van der Waals surface area contributed by atoms with Crippen LogP contribution >= 0.6 is 0 Å². The maximum absolute atomic E-state index is 11.5. The van der Waals surface area contributed by atoms with Gasteiger partial charge in [-0.15, -0.1) is 0 Å². The predicted octanol–water partition coefficient (Wildman–Crippen LogP) is -0.209. The van der Waals surface area contributed by atoms with E-state index in [-0.39, 0.29) is 17.4 Å². The number of carbonyl (C=O) groups is 2. The number of hydrogen-bond acceptors (Lipinski definition) is 4. The van der Waals surface area contributed by atoms with Crippen LogP contribution in [0.2, 0.25) is 0 Å². The molecule has 1 spiro atoms. The van der Waals surface area contributed by atoms with Crippen molar-refractivity contribution in [3.8, 4) is 0 Å². The van der Waals surface area contributed by atoms with Crippen LogP contribution in [0.4, 0.5) is 0 Å². The second kappa shape index (κ2) is 3.78.